The molecule has 4 heteroatoms. The number of hydrogen-bond donors (Lipinski definition) is 1. The second kappa shape index (κ2) is 8.81. The average Bonchev–Trinajstić information content (AvgIpc) is 2.72. The summed E-state index contributed by atoms with van der Waals surface area (Å²) in [5.74, 6) is 0.612. The predicted octanol–water partition coefficient (Wildman–Crippen LogP) is 4.04. The maximum atomic E-state index is 12.3. The molecule has 0 radical (unpaired) electrons. The number of amides is 1. The van der Waals surface area contributed by atoms with Crippen molar-refractivity contribution < 1.29 is 9.53 Å². The number of aromatic nitrogens is 1. The molecule has 3 aromatic rings. The number of carbonyl (C=O) groups is 1. The molecule has 1 aromatic heterocycles. The molecule has 1 amide bonds. The number of pyridine rings is 1. The Bertz CT molecular complexity index is 778. The van der Waals surface area contributed by atoms with Crippen LogP contribution in [0.4, 0.5) is 0 Å². The van der Waals surface area contributed by atoms with E-state index < -0.39 is 0 Å². The Hall–Kier alpha value is -3.14. The van der Waals surface area contributed by atoms with E-state index in [1.165, 1.54) is 17.3 Å². The molecular formula is C22H22N2O2. The lowest BCUT2D eigenvalue weighted by Gasteiger charge is -2.18. The Labute approximate surface area is 153 Å². The van der Waals surface area contributed by atoms with Crippen LogP contribution in [0.1, 0.15) is 33.8 Å². The number of nitrogens with zero attached hydrogens (tertiary/aromatic N) is 1. The van der Waals surface area contributed by atoms with E-state index in [-0.39, 0.29) is 11.8 Å². The summed E-state index contributed by atoms with van der Waals surface area (Å²) in [7, 11) is 1.55. The maximum absolute atomic E-state index is 12.3. The third kappa shape index (κ3) is 4.48. The van der Waals surface area contributed by atoms with Gasteiger partial charge in [0.2, 0.25) is 5.88 Å². The van der Waals surface area contributed by atoms with Gasteiger partial charge in [-0.25, -0.2) is 4.98 Å². The van der Waals surface area contributed by atoms with Gasteiger partial charge in [0, 0.05) is 24.7 Å². The third-order valence-corrected chi connectivity index (χ3v) is 4.33. The van der Waals surface area contributed by atoms with Gasteiger partial charge in [-0.2, -0.15) is 0 Å². The van der Waals surface area contributed by atoms with Gasteiger partial charge in [0.15, 0.2) is 0 Å². The molecule has 0 aliphatic heterocycles. The second-order valence-corrected chi connectivity index (χ2v) is 6.01. The number of carbonyl (C=O) groups excluding carboxylic acids is 1. The van der Waals surface area contributed by atoms with Crippen LogP contribution in [0.25, 0.3) is 0 Å². The van der Waals surface area contributed by atoms with Crippen molar-refractivity contribution in [2.24, 2.45) is 0 Å². The molecule has 132 valence electrons. The first-order chi connectivity index (χ1) is 12.8. The number of rotatable bonds is 7. The van der Waals surface area contributed by atoms with Crippen molar-refractivity contribution in [3.63, 3.8) is 0 Å². The van der Waals surface area contributed by atoms with Crippen molar-refractivity contribution in [1.29, 1.82) is 0 Å². The molecule has 3 rings (SSSR count). The van der Waals surface area contributed by atoms with E-state index in [9.17, 15) is 4.79 Å². The fraction of sp³-hybridized carbons (Fsp3) is 0.182. The first-order valence-corrected chi connectivity index (χ1v) is 8.66. The van der Waals surface area contributed by atoms with Crippen molar-refractivity contribution in [2.75, 3.05) is 13.7 Å². The Morgan fingerprint density at radius 3 is 2.08 bits per heavy atom. The summed E-state index contributed by atoms with van der Waals surface area (Å²) in [6, 6.07) is 24.2. The molecule has 0 saturated heterocycles. The van der Waals surface area contributed by atoms with Crippen LogP contribution in [0, 0.1) is 0 Å². The van der Waals surface area contributed by atoms with Crippen LogP contribution in [0.5, 0.6) is 5.88 Å². The van der Waals surface area contributed by atoms with Gasteiger partial charge in [0.25, 0.3) is 5.91 Å². The average molecular weight is 346 g/mol. The Morgan fingerprint density at radius 2 is 1.58 bits per heavy atom. The zero-order valence-electron chi connectivity index (χ0n) is 14.8. The zero-order valence-corrected chi connectivity index (χ0v) is 14.8. The summed E-state index contributed by atoms with van der Waals surface area (Å²) >= 11 is 0. The van der Waals surface area contributed by atoms with Crippen LogP contribution >= 0.6 is 0 Å². The molecule has 4 nitrogen and oxygen atoms in total. The molecule has 1 heterocycles. The molecular weight excluding hydrogens is 324 g/mol. The molecule has 0 atom stereocenters. The van der Waals surface area contributed by atoms with E-state index in [0.29, 0.717) is 18.0 Å². The van der Waals surface area contributed by atoms with Gasteiger partial charge >= 0.3 is 0 Å². The summed E-state index contributed by atoms with van der Waals surface area (Å²) in [6.07, 6.45) is 2.35. The van der Waals surface area contributed by atoms with Crippen LogP contribution < -0.4 is 10.1 Å². The van der Waals surface area contributed by atoms with Crippen LogP contribution in [0.3, 0.4) is 0 Å². The fourth-order valence-corrected chi connectivity index (χ4v) is 2.96. The molecule has 0 fully saturated rings. The van der Waals surface area contributed by atoms with E-state index in [2.05, 4.69) is 34.6 Å². The highest BCUT2D eigenvalue weighted by molar-refractivity contribution is 5.93. The monoisotopic (exact) mass is 346 g/mol. The predicted molar refractivity (Wildman–Crippen MR) is 102 cm³/mol. The van der Waals surface area contributed by atoms with Gasteiger partial charge in [0.05, 0.1) is 12.7 Å². The fourth-order valence-electron chi connectivity index (χ4n) is 2.96. The SMILES string of the molecule is COc1ccc(C(=O)NCCC(c2ccccc2)c2ccccc2)cn1. The number of ether oxygens (including phenoxy) is 1. The zero-order chi connectivity index (χ0) is 18.2. The highest BCUT2D eigenvalue weighted by atomic mass is 16.5. The second-order valence-electron chi connectivity index (χ2n) is 6.01. The molecule has 0 unspecified atom stereocenters. The van der Waals surface area contributed by atoms with Crippen molar-refractivity contribution in [3.05, 3.63) is 95.7 Å². The maximum Gasteiger partial charge on any atom is 0.252 e. The lowest BCUT2D eigenvalue weighted by molar-refractivity contribution is 0.0952. The lowest BCUT2D eigenvalue weighted by Crippen LogP contribution is -2.26. The Balaban J connectivity index is 1.65. The molecule has 0 saturated carbocycles. The molecule has 26 heavy (non-hydrogen) atoms. The highest BCUT2D eigenvalue weighted by Crippen LogP contribution is 2.27. The van der Waals surface area contributed by atoms with Gasteiger partial charge in [0.1, 0.15) is 0 Å². The largest absolute Gasteiger partial charge is 0.481 e. The highest BCUT2D eigenvalue weighted by Gasteiger charge is 2.14. The molecule has 0 bridgehead atoms. The molecule has 1 N–H and O–H groups in total. The number of hydrogen-bond acceptors (Lipinski definition) is 3. The lowest BCUT2D eigenvalue weighted by atomic mass is 9.88. The first-order valence-electron chi connectivity index (χ1n) is 8.66. The first kappa shape index (κ1) is 17.7. The van der Waals surface area contributed by atoms with Crippen molar-refractivity contribution >= 4 is 5.91 Å². The van der Waals surface area contributed by atoms with E-state index >= 15 is 0 Å². The van der Waals surface area contributed by atoms with Crippen molar-refractivity contribution in [2.45, 2.75) is 12.3 Å². The van der Waals surface area contributed by atoms with Gasteiger partial charge in [-0.05, 0) is 23.6 Å². The normalized spacial score (nSPS) is 10.5. The van der Waals surface area contributed by atoms with E-state index in [1.54, 1.807) is 19.2 Å². The number of nitrogens with one attached hydrogen (secondary N) is 1. The smallest absolute Gasteiger partial charge is 0.252 e. The molecule has 0 spiro atoms. The number of benzene rings is 2. The summed E-state index contributed by atoms with van der Waals surface area (Å²) < 4.78 is 5.02. The summed E-state index contributed by atoms with van der Waals surface area (Å²) in [6.45, 7) is 0.583. The van der Waals surface area contributed by atoms with E-state index in [4.69, 9.17) is 4.74 Å². The van der Waals surface area contributed by atoms with E-state index in [1.807, 2.05) is 36.4 Å². The van der Waals surface area contributed by atoms with Gasteiger partial charge in [-0.1, -0.05) is 60.7 Å². The minimum Gasteiger partial charge on any atom is -0.481 e. The summed E-state index contributed by atoms with van der Waals surface area (Å²) in [4.78, 5) is 16.4. The Kier molecular flexibility index (Phi) is 5.99. The minimum atomic E-state index is -0.125. The van der Waals surface area contributed by atoms with Crippen molar-refractivity contribution in [1.82, 2.24) is 10.3 Å². The molecule has 2 aromatic carbocycles. The summed E-state index contributed by atoms with van der Waals surface area (Å²) in [5, 5.41) is 2.99. The van der Waals surface area contributed by atoms with Crippen LogP contribution in [0.15, 0.2) is 79.0 Å². The third-order valence-electron chi connectivity index (χ3n) is 4.33. The van der Waals surface area contributed by atoms with Crippen molar-refractivity contribution in [3.8, 4) is 5.88 Å². The van der Waals surface area contributed by atoms with Crippen LogP contribution in [-0.4, -0.2) is 24.5 Å². The van der Waals surface area contributed by atoms with Gasteiger partial charge in [-0.15, -0.1) is 0 Å². The van der Waals surface area contributed by atoms with Crippen LogP contribution in [-0.2, 0) is 0 Å². The van der Waals surface area contributed by atoms with Crippen LogP contribution in [0.2, 0.25) is 0 Å². The van der Waals surface area contributed by atoms with Gasteiger partial charge in [-0.3, -0.25) is 4.79 Å². The number of methoxy groups -OCH3 is 1. The summed E-state index contributed by atoms with van der Waals surface area (Å²) in [5.41, 5.74) is 3.03. The molecule has 0 aliphatic rings. The molecule has 0 aliphatic carbocycles. The standard InChI is InChI=1S/C22H22N2O2/c1-26-21-13-12-19(16-24-21)22(25)23-15-14-20(17-8-4-2-5-9-17)18-10-6-3-7-11-18/h2-13,16,20H,14-15H2,1H3,(H,23,25). The minimum absolute atomic E-state index is 0.125. The Morgan fingerprint density at radius 1 is 0.962 bits per heavy atom. The van der Waals surface area contributed by atoms with E-state index in [0.717, 1.165) is 6.42 Å². The van der Waals surface area contributed by atoms with Gasteiger partial charge < -0.3 is 10.1 Å². The quantitative estimate of drug-likeness (QED) is 0.702. The topological polar surface area (TPSA) is 51.2 Å².